The Morgan fingerprint density at radius 2 is 1.81 bits per heavy atom. The van der Waals surface area contributed by atoms with Gasteiger partial charge in [0.25, 0.3) is 5.91 Å². The molecule has 0 aromatic carbocycles. The van der Waals surface area contributed by atoms with Gasteiger partial charge in [0.2, 0.25) is 0 Å². The molecule has 0 aromatic heterocycles. The van der Waals surface area contributed by atoms with Crippen LogP contribution in [0.4, 0.5) is 0 Å². The Morgan fingerprint density at radius 1 is 1.25 bits per heavy atom. The standard InChI is InChI=1S/C9H13NO5.Li/c1-2-7(11)10-15-9(14)6-4-3-5-8(12)13;/h2H,1,3-6H2,(H,10,11)(H,12,13);/q;+1/p-1. The molecule has 0 fully saturated rings. The minimum atomic E-state index is -1.15. The van der Waals surface area contributed by atoms with Gasteiger partial charge in [0, 0.05) is 12.4 Å². The van der Waals surface area contributed by atoms with Gasteiger partial charge in [0.15, 0.2) is 0 Å². The van der Waals surface area contributed by atoms with E-state index in [0.717, 1.165) is 6.08 Å². The third-order valence-corrected chi connectivity index (χ3v) is 1.46. The van der Waals surface area contributed by atoms with Crippen LogP contribution in [0.5, 0.6) is 0 Å². The Hall–Kier alpha value is -1.25. The number of carboxylic acid groups (broad SMARTS) is 1. The number of hydrogen-bond donors (Lipinski definition) is 1. The third kappa shape index (κ3) is 10.8. The van der Waals surface area contributed by atoms with Crippen LogP contribution in [0.3, 0.4) is 0 Å². The van der Waals surface area contributed by atoms with E-state index in [1.54, 1.807) is 0 Å². The first-order valence-corrected chi connectivity index (χ1v) is 4.38. The first-order chi connectivity index (χ1) is 7.06. The van der Waals surface area contributed by atoms with E-state index in [2.05, 4.69) is 11.4 Å². The molecule has 0 radical (unpaired) electrons. The van der Waals surface area contributed by atoms with Crippen molar-refractivity contribution in [2.75, 3.05) is 0 Å². The molecule has 0 saturated carbocycles. The molecule has 0 atom stereocenters. The van der Waals surface area contributed by atoms with E-state index in [-0.39, 0.29) is 31.7 Å². The van der Waals surface area contributed by atoms with Crippen LogP contribution in [0.15, 0.2) is 12.7 Å². The van der Waals surface area contributed by atoms with Crippen molar-refractivity contribution in [1.82, 2.24) is 5.48 Å². The number of carboxylic acids is 1. The van der Waals surface area contributed by atoms with E-state index in [1.807, 2.05) is 5.48 Å². The Kier molecular flexibility index (Phi) is 11.0. The molecule has 0 saturated heterocycles. The molecule has 6 nitrogen and oxygen atoms in total. The smallest absolute Gasteiger partial charge is 0.550 e. The maximum atomic E-state index is 10.9. The van der Waals surface area contributed by atoms with E-state index in [1.165, 1.54) is 0 Å². The fourth-order valence-electron chi connectivity index (χ4n) is 0.739. The maximum Gasteiger partial charge on any atom is 1.00 e. The van der Waals surface area contributed by atoms with Crippen LogP contribution >= 0.6 is 0 Å². The molecular formula is C9H12LiNO5. The van der Waals surface area contributed by atoms with Crippen LogP contribution in [0, 0.1) is 0 Å². The molecule has 16 heavy (non-hydrogen) atoms. The molecule has 0 aliphatic rings. The number of amides is 1. The molecule has 0 heterocycles. The summed E-state index contributed by atoms with van der Waals surface area (Å²) in [6.45, 7) is 3.16. The zero-order valence-electron chi connectivity index (χ0n) is 9.15. The predicted molar refractivity (Wildman–Crippen MR) is 47.9 cm³/mol. The maximum absolute atomic E-state index is 10.9. The fourth-order valence-corrected chi connectivity index (χ4v) is 0.739. The second kappa shape index (κ2) is 10.3. The van der Waals surface area contributed by atoms with Crippen LogP contribution in [-0.2, 0) is 19.2 Å². The number of unbranched alkanes of at least 4 members (excludes halogenated alkanes) is 1. The minimum Gasteiger partial charge on any atom is -0.550 e. The average molecular weight is 221 g/mol. The molecule has 1 amide bonds. The number of aliphatic carboxylic acids is 1. The second-order valence-electron chi connectivity index (χ2n) is 2.72. The largest absolute Gasteiger partial charge is 1.00 e. The summed E-state index contributed by atoms with van der Waals surface area (Å²) >= 11 is 0. The van der Waals surface area contributed by atoms with E-state index < -0.39 is 17.8 Å². The molecule has 0 spiro atoms. The third-order valence-electron chi connectivity index (χ3n) is 1.46. The van der Waals surface area contributed by atoms with Gasteiger partial charge in [-0.15, -0.1) is 0 Å². The summed E-state index contributed by atoms with van der Waals surface area (Å²) in [6, 6.07) is 0. The number of hydrogen-bond acceptors (Lipinski definition) is 5. The zero-order valence-corrected chi connectivity index (χ0v) is 9.15. The minimum absolute atomic E-state index is 0. The fraction of sp³-hybridized carbons (Fsp3) is 0.444. The molecule has 7 heteroatoms. The molecule has 0 unspecified atom stereocenters. The summed E-state index contributed by atoms with van der Waals surface area (Å²) in [6.07, 6.45) is 1.63. The summed E-state index contributed by atoms with van der Waals surface area (Å²) in [7, 11) is 0. The predicted octanol–water partition coefficient (Wildman–Crippen LogP) is -3.94. The van der Waals surface area contributed by atoms with Crippen LogP contribution in [0.25, 0.3) is 0 Å². The molecule has 0 aromatic rings. The Bertz CT molecular complexity index is 267. The molecule has 0 rings (SSSR count). The second-order valence-corrected chi connectivity index (χ2v) is 2.72. The van der Waals surface area contributed by atoms with Crippen LogP contribution < -0.4 is 29.4 Å². The van der Waals surface area contributed by atoms with Gasteiger partial charge in [0.05, 0.1) is 0 Å². The van der Waals surface area contributed by atoms with Gasteiger partial charge in [-0.2, -0.15) is 5.48 Å². The first-order valence-electron chi connectivity index (χ1n) is 4.38. The van der Waals surface area contributed by atoms with Gasteiger partial charge in [-0.05, 0) is 25.3 Å². The Labute approximate surface area is 105 Å². The Balaban J connectivity index is 0. The summed E-state index contributed by atoms with van der Waals surface area (Å²) in [5, 5.41) is 10.0. The van der Waals surface area contributed by atoms with Gasteiger partial charge in [-0.1, -0.05) is 6.58 Å². The molecule has 1 N–H and O–H groups in total. The first kappa shape index (κ1) is 17.2. The van der Waals surface area contributed by atoms with Gasteiger partial charge >= 0.3 is 24.8 Å². The van der Waals surface area contributed by atoms with Crippen molar-refractivity contribution in [3.05, 3.63) is 12.7 Å². The quantitative estimate of drug-likeness (QED) is 0.214. The molecule has 0 aliphatic carbocycles. The van der Waals surface area contributed by atoms with E-state index in [0.29, 0.717) is 12.8 Å². The van der Waals surface area contributed by atoms with Crippen molar-refractivity contribution in [2.45, 2.75) is 25.7 Å². The number of carbonyl (C=O) groups excluding carboxylic acids is 3. The molecular weight excluding hydrogens is 209 g/mol. The number of hydroxylamine groups is 1. The van der Waals surface area contributed by atoms with Crippen molar-refractivity contribution in [2.24, 2.45) is 0 Å². The monoisotopic (exact) mass is 221 g/mol. The van der Waals surface area contributed by atoms with Crippen molar-refractivity contribution < 1.29 is 43.2 Å². The van der Waals surface area contributed by atoms with Crippen LogP contribution in [0.2, 0.25) is 0 Å². The number of carbonyl (C=O) groups is 3. The average Bonchev–Trinajstić information content (AvgIpc) is 2.20. The topological polar surface area (TPSA) is 95.5 Å². The summed E-state index contributed by atoms with van der Waals surface area (Å²) in [5.41, 5.74) is 1.85. The van der Waals surface area contributed by atoms with Crippen molar-refractivity contribution >= 4 is 17.8 Å². The summed E-state index contributed by atoms with van der Waals surface area (Å²) < 4.78 is 0. The zero-order chi connectivity index (χ0) is 11.7. The van der Waals surface area contributed by atoms with Gasteiger partial charge < -0.3 is 14.7 Å². The molecule has 0 aliphatic heterocycles. The van der Waals surface area contributed by atoms with Crippen molar-refractivity contribution in [3.63, 3.8) is 0 Å². The van der Waals surface area contributed by atoms with Gasteiger partial charge in [0.1, 0.15) is 0 Å². The number of nitrogens with one attached hydrogen (secondary N) is 1. The van der Waals surface area contributed by atoms with Crippen molar-refractivity contribution in [1.29, 1.82) is 0 Å². The van der Waals surface area contributed by atoms with Gasteiger partial charge in [-0.25, -0.2) is 4.79 Å². The summed E-state index contributed by atoms with van der Waals surface area (Å²) in [5.74, 6) is -2.38. The Morgan fingerprint density at radius 3 is 2.31 bits per heavy atom. The van der Waals surface area contributed by atoms with E-state index in [9.17, 15) is 19.5 Å². The normalized spacial score (nSPS) is 8.50. The van der Waals surface area contributed by atoms with E-state index >= 15 is 0 Å². The van der Waals surface area contributed by atoms with Gasteiger partial charge in [-0.3, -0.25) is 4.79 Å². The summed E-state index contributed by atoms with van der Waals surface area (Å²) in [4.78, 5) is 35.7. The molecule has 84 valence electrons. The van der Waals surface area contributed by atoms with Crippen LogP contribution in [-0.4, -0.2) is 17.8 Å². The number of rotatable bonds is 6. The van der Waals surface area contributed by atoms with Crippen molar-refractivity contribution in [3.8, 4) is 0 Å². The van der Waals surface area contributed by atoms with Crippen LogP contribution in [0.1, 0.15) is 25.7 Å². The SMILES string of the molecule is C=CC(=O)NOC(=O)CCCCC(=O)[O-].[Li+]. The molecule has 0 bridgehead atoms. The van der Waals surface area contributed by atoms with E-state index in [4.69, 9.17) is 0 Å².